The third-order valence-electron chi connectivity index (χ3n) is 3.78. The fourth-order valence-electron chi connectivity index (χ4n) is 3.06. The highest BCUT2D eigenvalue weighted by Crippen LogP contribution is 2.32. The summed E-state index contributed by atoms with van der Waals surface area (Å²) in [6, 6.07) is 0. The Balaban J connectivity index is 2.57. The fourth-order valence-corrected chi connectivity index (χ4v) is 3.48. The van der Waals surface area contributed by atoms with Crippen LogP contribution in [0.5, 0.6) is 0 Å². The Labute approximate surface area is 113 Å². The first-order chi connectivity index (χ1) is 8.15. The molecule has 0 N–H and O–H groups in total. The lowest BCUT2D eigenvalue weighted by molar-refractivity contribution is -0.0320. The van der Waals surface area contributed by atoms with E-state index in [1.54, 1.807) is 0 Å². The van der Waals surface area contributed by atoms with Crippen molar-refractivity contribution >= 4 is 12.6 Å². The highest BCUT2D eigenvalue weighted by Gasteiger charge is 2.30. The molecule has 1 rings (SSSR count). The van der Waals surface area contributed by atoms with E-state index in [4.69, 9.17) is 4.74 Å². The number of nitrogens with zero attached hydrogens (tertiary/aromatic N) is 1. The standard InChI is InChI=1S/C14H29NOS/c1-4-6-14(12-17,7-5-2)11-15-8-9-16-13(3)10-15/h13,17H,4-12H2,1-3H3. The van der Waals surface area contributed by atoms with Gasteiger partial charge in [0.05, 0.1) is 12.7 Å². The van der Waals surface area contributed by atoms with E-state index in [1.165, 1.54) is 32.2 Å². The summed E-state index contributed by atoms with van der Waals surface area (Å²) >= 11 is 4.63. The third kappa shape index (κ3) is 4.80. The lowest BCUT2D eigenvalue weighted by Gasteiger charge is -2.40. The van der Waals surface area contributed by atoms with Crippen LogP contribution >= 0.6 is 12.6 Å². The van der Waals surface area contributed by atoms with E-state index in [2.05, 4.69) is 38.3 Å². The lowest BCUT2D eigenvalue weighted by atomic mass is 9.80. The molecule has 0 aromatic rings. The minimum Gasteiger partial charge on any atom is -0.376 e. The summed E-state index contributed by atoms with van der Waals surface area (Å²) in [5.41, 5.74) is 0.420. The van der Waals surface area contributed by atoms with Gasteiger partial charge in [0.25, 0.3) is 0 Å². The molecule has 0 radical (unpaired) electrons. The molecule has 17 heavy (non-hydrogen) atoms. The van der Waals surface area contributed by atoms with Crippen molar-refractivity contribution in [3.8, 4) is 0 Å². The molecule has 0 amide bonds. The van der Waals surface area contributed by atoms with Crippen LogP contribution < -0.4 is 0 Å². The van der Waals surface area contributed by atoms with Crippen LogP contribution in [0.3, 0.4) is 0 Å². The number of morpholine rings is 1. The Kier molecular flexibility index (Phi) is 6.90. The maximum absolute atomic E-state index is 5.62. The van der Waals surface area contributed by atoms with Gasteiger partial charge in [-0.1, -0.05) is 26.7 Å². The van der Waals surface area contributed by atoms with Crippen molar-refractivity contribution in [2.45, 2.75) is 52.6 Å². The second-order valence-electron chi connectivity index (χ2n) is 5.57. The first-order valence-electron chi connectivity index (χ1n) is 7.10. The second-order valence-corrected chi connectivity index (χ2v) is 5.89. The Morgan fingerprint density at radius 2 is 1.94 bits per heavy atom. The highest BCUT2D eigenvalue weighted by atomic mass is 32.1. The van der Waals surface area contributed by atoms with Crippen LogP contribution in [0, 0.1) is 5.41 Å². The predicted molar refractivity (Wildman–Crippen MR) is 78.0 cm³/mol. The third-order valence-corrected chi connectivity index (χ3v) is 4.45. The number of hydrogen-bond donors (Lipinski definition) is 1. The zero-order valence-electron chi connectivity index (χ0n) is 11.7. The average Bonchev–Trinajstić information content (AvgIpc) is 2.29. The van der Waals surface area contributed by atoms with Gasteiger partial charge in [-0.25, -0.2) is 0 Å². The topological polar surface area (TPSA) is 12.5 Å². The Hall–Kier alpha value is 0.270. The zero-order chi connectivity index (χ0) is 12.7. The molecule has 0 bridgehead atoms. The molecule has 0 saturated carbocycles. The summed E-state index contributed by atoms with van der Waals surface area (Å²) in [4.78, 5) is 2.58. The van der Waals surface area contributed by atoms with E-state index in [1.807, 2.05) is 0 Å². The minimum atomic E-state index is 0.393. The summed E-state index contributed by atoms with van der Waals surface area (Å²) in [5.74, 6) is 1.01. The average molecular weight is 259 g/mol. The molecule has 1 atom stereocenters. The summed E-state index contributed by atoms with van der Waals surface area (Å²) in [6.07, 6.45) is 5.53. The van der Waals surface area contributed by atoms with E-state index < -0.39 is 0 Å². The molecule has 1 aliphatic rings. The number of rotatable bonds is 7. The van der Waals surface area contributed by atoms with Gasteiger partial charge in [-0.3, -0.25) is 4.90 Å². The summed E-state index contributed by atoms with van der Waals surface area (Å²) in [5, 5.41) is 0. The largest absolute Gasteiger partial charge is 0.376 e. The fraction of sp³-hybridized carbons (Fsp3) is 1.00. The molecular formula is C14H29NOS. The maximum atomic E-state index is 5.62. The molecule has 1 unspecified atom stereocenters. The minimum absolute atomic E-state index is 0.393. The Morgan fingerprint density at radius 1 is 1.29 bits per heavy atom. The van der Waals surface area contributed by atoms with Gasteiger partial charge in [0, 0.05) is 19.6 Å². The van der Waals surface area contributed by atoms with E-state index in [-0.39, 0.29) is 0 Å². The van der Waals surface area contributed by atoms with Crippen LogP contribution in [0.25, 0.3) is 0 Å². The Morgan fingerprint density at radius 3 is 2.41 bits per heavy atom. The molecule has 2 nitrogen and oxygen atoms in total. The normalized spacial score (nSPS) is 22.9. The van der Waals surface area contributed by atoms with Crippen molar-refractivity contribution < 1.29 is 4.74 Å². The summed E-state index contributed by atoms with van der Waals surface area (Å²) < 4.78 is 5.62. The highest BCUT2D eigenvalue weighted by molar-refractivity contribution is 7.80. The van der Waals surface area contributed by atoms with Gasteiger partial charge in [0.2, 0.25) is 0 Å². The van der Waals surface area contributed by atoms with E-state index in [0.29, 0.717) is 11.5 Å². The molecule has 102 valence electrons. The van der Waals surface area contributed by atoms with Crippen LogP contribution in [0.1, 0.15) is 46.5 Å². The van der Waals surface area contributed by atoms with Crippen molar-refractivity contribution in [3.05, 3.63) is 0 Å². The van der Waals surface area contributed by atoms with Crippen molar-refractivity contribution in [3.63, 3.8) is 0 Å². The van der Waals surface area contributed by atoms with Crippen LogP contribution in [0.2, 0.25) is 0 Å². The number of ether oxygens (including phenoxy) is 1. The van der Waals surface area contributed by atoms with Gasteiger partial charge in [-0.2, -0.15) is 12.6 Å². The molecule has 0 spiro atoms. The maximum Gasteiger partial charge on any atom is 0.0674 e. The molecule has 1 heterocycles. The van der Waals surface area contributed by atoms with Gasteiger partial charge in [-0.15, -0.1) is 0 Å². The molecule has 0 aromatic heterocycles. The van der Waals surface area contributed by atoms with Crippen molar-refractivity contribution in [2.75, 3.05) is 32.0 Å². The van der Waals surface area contributed by atoms with Gasteiger partial charge >= 0.3 is 0 Å². The first-order valence-corrected chi connectivity index (χ1v) is 7.74. The summed E-state index contributed by atoms with van der Waals surface area (Å²) in [6.45, 7) is 11.0. The number of thiol groups is 1. The molecule has 3 heteroatoms. The smallest absolute Gasteiger partial charge is 0.0674 e. The van der Waals surface area contributed by atoms with Crippen molar-refractivity contribution in [1.29, 1.82) is 0 Å². The molecule has 0 aromatic carbocycles. The first kappa shape index (κ1) is 15.3. The quantitative estimate of drug-likeness (QED) is 0.705. The van der Waals surface area contributed by atoms with Gasteiger partial charge < -0.3 is 4.74 Å². The van der Waals surface area contributed by atoms with Gasteiger partial charge in [-0.05, 0) is 30.9 Å². The van der Waals surface area contributed by atoms with Crippen LogP contribution in [0.15, 0.2) is 0 Å². The van der Waals surface area contributed by atoms with Crippen LogP contribution in [-0.2, 0) is 4.74 Å². The molecular weight excluding hydrogens is 230 g/mol. The SMILES string of the molecule is CCCC(CS)(CCC)CN1CCOC(C)C1. The Bertz CT molecular complexity index is 204. The zero-order valence-corrected chi connectivity index (χ0v) is 12.6. The molecule has 0 aliphatic carbocycles. The number of hydrogen-bond acceptors (Lipinski definition) is 3. The van der Waals surface area contributed by atoms with Crippen LogP contribution in [0.4, 0.5) is 0 Å². The van der Waals surface area contributed by atoms with Crippen LogP contribution in [-0.4, -0.2) is 43.0 Å². The van der Waals surface area contributed by atoms with E-state index >= 15 is 0 Å². The monoisotopic (exact) mass is 259 g/mol. The second kappa shape index (κ2) is 7.65. The molecule has 1 aliphatic heterocycles. The van der Waals surface area contributed by atoms with Crippen molar-refractivity contribution in [2.24, 2.45) is 5.41 Å². The summed E-state index contributed by atoms with van der Waals surface area (Å²) in [7, 11) is 0. The van der Waals surface area contributed by atoms with E-state index in [0.717, 1.165) is 25.4 Å². The van der Waals surface area contributed by atoms with Gasteiger partial charge in [0.15, 0.2) is 0 Å². The lowest BCUT2D eigenvalue weighted by Crippen LogP contribution is -2.47. The molecule has 1 saturated heterocycles. The predicted octanol–water partition coefficient (Wildman–Crippen LogP) is 3.22. The molecule has 1 fully saturated rings. The van der Waals surface area contributed by atoms with Gasteiger partial charge in [0.1, 0.15) is 0 Å². The van der Waals surface area contributed by atoms with E-state index in [9.17, 15) is 0 Å². The van der Waals surface area contributed by atoms with Crippen molar-refractivity contribution in [1.82, 2.24) is 4.90 Å².